The summed E-state index contributed by atoms with van der Waals surface area (Å²) in [4.78, 5) is 12.7. The van der Waals surface area contributed by atoms with Gasteiger partial charge in [0.2, 0.25) is 0 Å². The van der Waals surface area contributed by atoms with Crippen LogP contribution < -0.4 is 9.62 Å². The number of benzene rings is 1. The molecule has 1 rings (SSSR count). The number of amides is 1. The minimum absolute atomic E-state index is 0.181. The van der Waals surface area contributed by atoms with Crippen LogP contribution in [-0.2, 0) is 24.8 Å². The Morgan fingerprint density at radius 2 is 1.33 bits per heavy atom. The molecule has 0 aliphatic carbocycles. The number of nitrogens with zero attached hydrogens (tertiary/aromatic N) is 2. The fourth-order valence-corrected chi connectivity index (χ4v) is 4.61. The molecular weight excluding hydrogens is 561 g/mol. The van der Waals surface area contributed by atoms with Crippen molar-refractivity contribution in [1.82, 2.24) is 9.03 Å². The minimum atomic E-state index is -7.18. The van der Waals surface area contributed by atoms with Gasteiger partial charge in [-0.25, -0.2) is 13.1 Å². The van der Waals surface area contributed by atoms with Gasteiger partial charge in [-0.2, -0.15) is 52.2 Å². The molecule has 0 heterocycles. The summed E-state index contributed by atoms with van der Waals surface area (Å²) < 4.78 is 167. The van der Waals surface area contributed by atoms with Gasteiger partial charge in [0.15, 0.2) is 0 Å². The Bertz CT molecular complexity index is 1130. The molecule has 36 heavy (non-hydrogen) atoms. The van der Waals surface area contributed by atoms with Gasteiger partial charge < -0.3 is 4.90 Å². The zero-order valence-corrected chi connectivity index (χ0v) is 20.0. The lowest BCUT2D eigenvalue weighted by Gasteiger charge is -2.35. The number of sulfonamides is 2. The van der Waals surface area contributed by atoms with Crippen LogP contribution in [0.25, 0.3) is 0 Å². The molecule has 0 saturated carbocycles. The van der Waals surface area contributed by atoms with Gasteiger partial charge in [-0.1, -0.05) is 25.1 Å². The van der Waals surface area contributed by atoms with Gasteiger partial charge in [-0.3, -0.25) is 4.79 Å². The summed E-state index contributed by atoms with van der Waals surface area (Å²) >= 11 is 0. The predicted octanol–water partition coefficient (Wildman–Crippen LogP) is 2.99. The van der Waals surface area contributed by atoms with Crippen molar-refractivity contribution >= 4 is 31.6 Å². The minimum Gasteiger partial charge on any atom is -0.370 e. The average molecular weight is 581 g/mol. The van der Waals surface area contributed by atoms with Crippen molar-refractivity contribution in [3.05, 3.63) is 30.3 Å². The number of para-hydroxylation sites is 1. The first-order valence-electron chi connectivity index (χ1n) is 9.68. The molecule has 0 aliphatic rings. The summed E-state index contributed by atoms with van der Waals surface area (Å²) in [6, 6.07) is 7.87. The molecule has 0 saturated heterocycles. The topological polar surface area (TPSA) is 104 Å². The highest BCUT2D eigenvalue weighted by Crippen LogP contribution is 2.49. The fraction of sp³-hybridized carbons (Fsp3) is 0.588. The molecule has 0 radical (unpaired) electrons. The van der Waals surface area contributed by atoms with Gasteiger partial charge in [0.1, 0.15) is 0 Å². The number of alkyl halides is 9. The van der Waals surface area contributed by atoms with Gasteiger partial charge in [-0.05, 0) is 19.1 Å². The van der Waals surface area contributed by atoms with Crippen LogP contribution >= 0.6 is 0 Å². The standard InChI is InChI=1S/C17H20F9N3O5S2/c1-3-28(12-8-6-5-7-9-12)10-11-29(4-2)36(33,34)16(22,23)15(20,21)14(18,19)13(30)27-35(31,32)17(24,25)26/h5-9H,3-4,10-11H2,1-2H3,(H,27,30). The quantitative estimate of drug-likeness (QED) is 0.381. The third-order valence-electron chi connectivity index (χ3n) is 4.72. The Morgan fingerprint density at radius 3 is 1.75 bits per heavy atom. The van der Waals surface area contributed by atoms with E-state index in [-0.39, 0.29) is 17.4 Å². The first-order valence-corrected chi connectivity index (χ1v) is 12.6. The molecule has 8 nitrogen and oxygen atoms in total. The van der Waals surface area contributed by atoms with Crippen molar-refractivity contribution in [2.45, 2.75) is 36.5 Å². The number of hydrogen-bond acceptors (Lipinski definition) is 6. The second-order valence-electron chi connectivity index (χ2n) is 6.96. The highest BCUT2D eigenvalue weighted by atomic mass is 32.2. The normalized spacial score (nSPS) is 14.1. The van der Waals surface area contributed by atoms with Crippen molar-refractivity contribution in [3.8, 4) is 0 Å². The van der Waals surface area contributed by atoms with E-state index in [2.05, 4.69) is 0 Å². The maximum absolute atomic E-state index is 14.4. The van der Waals surface area contributed by atoms with Crippen molar-refractivity contribution in [1.29, 1.82) is 0 Å². The molecule has 0 unspecified atom stereocenters. The lowest BCUT2D eigenvalue weighted by molar-refractivity contribution is -0.268. The Hall–Kier alpha value is -2.28. The van der Waals surface area contributed by atoms with Crippen LogP contribution in [0.2, 0.25) is 0 Å². The first kappa shape index (κ1) is 31.7. The molecular formula is C17H20F9N3O5S2. The van der Waals surface area contributed by atoms with Gasteiger partial charge in [0.05, 0.1) is 0 Å². The smallest absolute Gasteiger partial charge is 0.370 e. The summed E-state index contributed by atoms with van der Waals surface area (Å²) in [6.07, 6.45) is 0. The highest BCUT2D eigenvalue weighted by Gasteiger charge is 2.81. The number of carbonyl (C=O) groups is 1. The Balaban J connectivity index is 3.29. The fourth-order valence-electron chi connectivity index (χ4n) is 2.68. The van der Waals surface area contributed by atoms with E-state index in [9.17, 15) is 61.1 Å². The molecule has 1 N–H and O–H groups in total. The summed E-state index contributed by atoms with van der Waals surface area (Å²) in [5, 5.41) is -6.76. The highest BCUT2D eigenvalue weighted by molar-refractivity contribution is 7.91. The molecule has 1 aromatic carbocycles. The molecule has 0 atom stereocenters. The van der Waals surface area contributed by atoms with Crippen LogP contribution in [0.4, 0.5) is 45.2 Å². The van der Waals surface area contributed by atoms with E-state index in [4.69, 9.17) is 0 Å². The number of halogens is 9. The van der Waals surface area contributed by atoms with Gasteiger partial charge >= 0.3 is 38.5 Å². The molecule has 0 fully saturated rings. The number of hydrogen-bond donors (Lipinski definition) is 1. The molecule has 19 heteroatoms. The summed E-state index contributed by atoms with van der Waals surface area (Å²) in [5.74, 6) is -18.1. The molecule has 1 aromatic rings. The third-order valence-corrected chi connectivity index (χ3v) is 7.80. The van der Waals surface area contributed by atoms with Crippen LogP contribution in [0.1, 0.15) is 13.8 Å². The zero-order valence-electron chi connectivity index (χ0n) is 18.4. The van der Waals surface area contributed by atoms with Crippen LogP contribution in [-0.4, -0.2) is 75.8 Å². The van der Waals surface area contributed by atoms with Crippen LogP contribution in [0.15, 0.2) is 30.3 Å². The predicted molar refractivity (Wildman–Crippen MR) is 108 cm³/mol. The lowest BCUT2D eigenvalue weighted by atomic mass is 10.1. The van der Waals surface area contributed by atoms with Crippen molar-refractivity contribution < 1.29 is 61.1 Å². The lowest BCUT2D eigenvalue weighted by Crippen LogP contribution is -2.66. The largest absolute Gasteiger partial charge is 0.516 e. The van der Waals surface area contributed by atoms with E-state index in [1.54, 1.807) is 37.3 Å². The maximum atomic E-state index is 14.4. The number of carbonyl (C=O) groups excluding carboxylic acids is 1. The monoisotopic (exact) mass is 581 g/mol. The zero-order chi connectivity index (χ0) is 28.4. The number of nitrogens with one attached hydrogen (secondary N) is 1. The SMILES string of the molecule is CCN(CCN(CC)S(=O)(=O)C(F)(F)C(F)(F)C(F)(F)C(=O)NS(=O)(=O)C(F)(F)F)c1ccccc1. The van der Waals surface area contributed by atoms with E-state index in [1.165, 1.54) is 4.90 Å². The summed E-state index contributed by atoms with van der Waals surface area (Å²) in [7, 11) is -13.7. The summed E-state index contributed by atoms with van der Waals surface area (Å²) in [5.41, 5.74) is -5.98. The van der Waals surface area contributed by atoms with Crippen molar-refractivity contribution in [3.63, 3.8) is 0 Å². The maximum Gasteiger partial charge on any atom is 0.516 e. The number of likely N-dealkylation sites (N-methyl/N-ethyl adjacent to an activating group) is 2. The van der Waals surface area contributed by atoms with E-state index >= 15 is 0 Å². The first-order chi connectivity index (χ1) is 16.1. The van der Waals surface area contributed by atoms with E-state index in [1.807, 2.05) is 0 Å². The molecule has 0 spiro atoms. The van der Waals surface area contributed by atoms with Crippen LogP contribution in [0.5, 0.6) is 0 Å². The van der Waals surface area contributed by atoms with Crippen LogP contribution in [0.3, 0.4) is 0 Å². The number of anilines is 1. The van der Waals surface area contributed by atoms with Gasteiger partial charge in [0, 0.05) is 31.9 Å². The van der Waals surface area contributed by atoms with Crippen molar-refractivity contribution in [2.24, 2.45) is 0 Å². The Labute approximate surface area is 200 Å². The second kappa shape index (κ2) is 10.6. The summed E-state index contributed by atoms with van der Waals surface area (Å²) in [6.45, 7) is 0.435. The Kier molecular flexibility index (Phi) is 9.35. The molecule has 208 valence electrons. The van der Waals surface area contributed by atoms with Gasteiger partial charge in [-0.15, -0.1) is 0 Å². The third kappa shape index (κ3) is 5.82. The van der Waals surface area contributed by atoms with Gasteiger partial charge in [0.25, 0.3) is 10.0 Å². The molecule has 0 aliphatic heterocycles. The van der Waals surface area contributed by atoms with E-state index < -0.39 is 66.4 Å². The van der Waals surface area contributed by atoms with E-state index in [0.29, 0.717) is 5.69 Å². The molecule has 0 aromatic heterocycles. The number of rotatable bonds is 12. The average Bonchev–Trinajstić information content (AvgIpc) is 2.75. The Morgan fingerprint density at radius 1 is 0.833 bits per heavy atom. The van der Waals surface area contributed by atoms with Crippen molar-refractivity contribution in [2.75, 3.05) is 31.1 Å². The molecule has 0 bridgehead atoms. The van der Waals surface area contributed by atoms with E-state index in [0.717, 1.165) is 6.92 Å². The second-order valence-corrected chi connectivity index (χ2v) is 10.6. The molecule has 1 amide bonds. The van der Waals surface area contributed by atoms with Crippen LogP contribution in [0, 0.1) is 0 Å².